The van der Waals surface area contributed by atoms with Crippen LogP contribution in [0.1, 0.15) is 18.5 Å². The van der Waals surface area contributed by atoms with Crippen LogP contribution in [0.25, 0.3) is 16.0 Å². The van der Waals surface area contributed by atoms with Gasteiger partial charge in [-0.05, 0) is 56.2 Å². The van der Waals surface area contributed by atoms with Crippen molar-refractivity contribution in [2.75, 3.05) is 23.3 Å². The van der Waals surface area contributed by atoms with Gasteiger partial charge in [-0.3, -0.25) is 4.79 Å². The minimum Gasteiger partial charge on any atom is -0.347 e. The standard InChI is InChI=1S/C23H20ClF2N5OS/c1-13-20-21(31(29-13)17-6-2-5-16(25)11-17)28-23(33-20)30-9-3-4-14(12-30)22(32)27-19-8-7-15(24)10-18(19)26/h2,5-8,10-11,14H,3-4,9,12H2,1H3,(H,27,32). The van der Waals surface area contributed by atoms with Crippen molar-refractivity contribution in [3.8, 4) is 5.69 Å². The summed E-state index contributed by atoms with van der Waals surface area (Å²) in [5.74, 6) is -1.44. The van der Waals surface area contributed by atoms with Crippen LogP contribution in [0.3, 0.4) is 0 Å². The number of rotatable bonds is 4. The van der Waals surface area contributed by atoms with Crippen LogP contribution in [0, 0.1) is 24.5 Å². The molecule has 2 aromatic carbocycles. The quantitative estimate of drug-likeness (QED) is 0.408. The van der Waals surface area contributed by atoms with E-state index in [1.165, 1.54) is 35.6 Å². The fourth-order valence-electron chi connectivity index (χ4n) is 4.04. The topological polar surface area (TPSA) is 63.1 Å². The van der Waals surface area contributed by atoms with E-state index in [2.05, 4.69) is 15.3 Å². The maximum atomic E-state index is 14.1. The lowest BCUT2D eigenvalue weighted by atomic mass is 9.97. The van der Waals surface area contributed by atoms with Crippen molar-refractivity contribution in [1.29, 1.82) is 0 Å². The summed E-state index contributed by atoms with van der Waals surface area (Å²) >= 11 is 7.30. The highest BCUT2D eigenvalue weighted by atomic mass is 35.5. The molecule has 1 aliphatic heterocycles. The third kappa shape index (κ3) is 4.30. The number of piperidine rings is 1. The molecule has 1 unspecified atom stereocenters. The van der Waals surface area contributed by atoms with Crippen molar-refractivity contribution in [2.24, 2.45) is 5.92 Å². The second-order valence-electron chi connectivity index (χ2n) is 8.02. The molecule has 1 fully saturated rings. The number of benzene rings is 2. The zero-order chi connectivity index (χ0) is 23.1. The van der Waals surface area contributed by atoms with E-state index in [0.717, 1.165) is 28.5 Å². The predicted molar refractivity (Wildman–Crippen MR) is 126 cm³/mol. The van der Waals surface area contributed by atoms with E-state index < -0.39 is 5.82 Å². The molecule has 0 radical (unpaired) electrons. The van der Waals surface area contributed by atoms with Gasteiger partial charge >= 0.3 is 0 Å². The van der Waals surface area contributed by atoms with E-state index in [0.29, 0.717) is 24.3 Å². The molecule has 1 saturated heterocycles. The van der Waals surface area contributed by atoms with Crippen molar-refractivity contribution in [3.63, 3.8) is 0 Å². The van der Waals surface area contributed by atoms with E-state index in [9.17, 15) is 13.6 Å². The Morgan fingerprint density at radius 1 is 1.24 bits per heavy atom. The number of halogens is 3. The molecule has 33 heavy (non-hydrogen) atoms. The smallest absolute Gasteiger partial charge is 0.229 e. The molecule has 10 heteroatoms. The molecule has 6 nitrogen and oxygen atoms in total. The first-order chi connectivity index (χ1) is 15.9. The Morgan fingerprint density at radius 3 is 2.88 bits per heavy atom. The molecule has 0 spiro atoms. The zero-order valence-corrected chi connectivity index (χ0v) is 19.3. The van der Waals surface area contributed by atoms with Gasteiger partial charge in [-0.15, -0.1) is 0 Å². The fraction of sp³-hybridized carbons (Fsp3) is 0.261. The van der Waals surface area contributed by atoms with Gasteiger partial charge in [0.1, 0.15) is 11.6 Å². The second-order valence-corrected chi connectivity index (χ2v) is 9.44. The molecule has 0 bridgehead atoms. The van der Waals surface area contributed by atoms with Gasteiger partial charge in [0.2, 0.25) is 5.91 Å². The normalized spacial score (nSPS) is 16.4. The van der Waals surface area contributed by atoms with Gasteiger partial charge in [-0.25, -0.2) is 13.5 Å². The Morgan fingerprint density at radius 2 is 2.09 bits per heavy atom. The Labute approximate surface area is 197 Å². The number of amides is 1. The molecule has 4 aromatic rings. The number of nitrogens with one attached hydrogen (secondary N) is 1. The van der Waals surface area contributed by atoms with Crippen molar-refractivity contribution in [1.82, 2.24) is 14.8 Å². The zero-order valence-electron chi connectivity index (χ0n) is 17.7. The maximum absolute atomic E-state index is 14.1. The molecule has 170 valence electrons. The Bertz CT molecular complexity index is 1350. The summed E-state index contributed by atoms with van der Waals surface area (Å²) in [5, 5.41) is 8.26. The lowest BCUT2D eigenvalue weighted by molar-refractivity contribution is -0.120. The lowest BCUT2D eigenvalue weighted by Gasteiger charge is -2.31. The molecular formula is C23H20ClF2N5OS. The third-order valence-electron chi connectivity index (χ3n) is 5.68. The molecule has 0 aliphatic carbocycles. The summed E-state index contributed by atoms with van der Waals surface area (Å²) in [5.41, 5.74) is 2.19. The van der Waals surface area contributed by atoms with Gasteiger partial charge in [0.15, 0.2) is 10.8 Å². The molecule has 1 aliphatic rings. The summed E-state index contributed by atoms with van der Waals surface area (Å²) in [6.45, 7) is 3.14. The molecule has 2 aromatic heterocycles. The monoisotopic (exact) mass is 487 g/mol. The molecule has 1 atom stereocenters. The largest absolute Gasteiger partial charge is 0.347 e. The van der Waals surface area contributed by atoms with Crippen LogP contribution in [0.4, 0.5) is 19.6 Å². The summed E-state index contributed by atoms with van der Waals surface area (Å²) < 4.78 is 30.4. The molecule has 5 rings (SSSR count). The van der Waals surface area contributed by atoms with E-state index >= 15 is 0 Å². The number of thiazole rings is 1. The van der Waals surface area contributed by atoms with Crippen LogP contribution in [0.15, 0.2) is 42.5 Å². The van der Waals surface area contributed by atoms with E-state index in [4.69, 9.17) is 16.6 Å². The van der Waals surface area contributed by atoms with Crippen LogP contribution in [0.2, 0.25) is 5.02 Å². The van der Waals surface area contributed by atoms with E-state index in [1.807, 2.05) is 6.92 Å². The van der Waals surface area contributed by atoms with Crippen LogP contribution < -0.4 is 10.2 Å². The average molecular weight is 488 g/mol. The van der Waals surface area contributed by atoms with Crippen LogP contribution in [-0.2, 0) is 4.79 Å². The molecule has 1 N–H and O–H groups in total. The Hall–Kier alpha value is -3.04. The highest BCUT2D eigenvalue weighted by Crippen LogP contribution is 2.35. The molecular weight excluding hydrogens is 468 g/mol. The van der Waals surface area contributed by atoms with Gasteiger partial charge < -0.3 is 10.2 Å². The summed E-state index contributed by atoms with van der Waals surface area (Å²) in [4.78, 5) is 19.7. The SMILES string of the molecule is Cc1nn(-c2cccc(F)c2)c2nc(N3CCCC(C(=O)Nc4ccc(Cl)cc4F)C3)sc12. The van der Waals surface area contributed by atoms with E-state index in [1.54, 1.807) is 22.9 Å². The lowest BCUT2D eigenvalue weighted by Crippen LogP contribution is -2.40. The first kappa shape index (κ1) is 21.8. The highest BCUT2D eigenvalue weighted by molar-refractivity contribution is 7.22. The average Bonchev–Trinajstić information content (AvgIpc) is 3.36. The van der Waals surface area contributed by atoms with Crippen molar-refractivity contribution in [3.05, 3.63) is 64.8 Å². The Kier molecular flexibility index (Phi) is 5.76. The van der Waals surface area contributed by atoms with Gasteiger partial charge in [0.05, 0.1) is 27.7 Å². The number of fused-ring (bicyclic) bond motifs is 1. The number of anilines is 2. The van der Waals surface area contributed by atoms with Crippen molar-refractivity contribution >= 4 is 50.0 Å². The number of aryl methyl sites for hydroxylation is 1. The minimum atomic E-state index is -0.563. The number of hydrogen-bond donors (Lipinski definition) is 1. The van der Waals surface area contributed by atoms with Crippen molar-refractivity contribution < 1.29 is 13.6 Å². The molecule has 1 amide bonds. The summed E-state index contributed by atoms with van der Waals surface area (Å²) in [7, 11) is 0. The van der Waals surface area contributed by atoms with Crippen LogP contribution in [0.5, 0.6) is 0 Å². The van der Waals surface area contributed by atoms with Gasteiger partial charge in [-0.1, -0.05) is 29.0 Å². The molecule has 3 heterocycles. The second kappa shape index (κ2) is 8.72. The number of carbonyl (C=O) groups excluding carboxylic acids is 1. The van der Waals surface area contributed by atoms with Gasteiger partial charge in [0, 0.05) is 18.1 Å². The minimum absolute atomic E-state index is 0.118. The highest BCUT2D eigenvalue weighted by Gasteiger charge is 2.29. The number of nitrogens with zero attached hydrogens (tertiary/aromatic N) is 4. The number of carbonyl (C=O) groups is 1. The van der Waals surface area contributed by atoms with Gasteiger partial charge in [-0.2, -0.15) is 10.1 Å². The molecule has 0 saturated carbocycles. The number of hydrogen-bond acceptors (Lipinski definition) is 5. The predicted octanol–water partition coefficient (Wildman–Crippen LogP) is 5.58. The van der Waals surface area contributed by atoms with E-state index in [-0.39, 0.29) is 28.4 Å². The summed E-state index contributed by atoms with van der Waals surface area (Å²) in [6.07, 6.45) is 1.52. The first-order valence-corrected chi connectivity index (χ1v) is 11.7. The van der Waals surface area contributed by atoms with Crippen molar-refractivity contribution in [2.45, 2.75) is 19.8 Å². The van der Waals surface area contributed by atoms with Crippen LogP contribution >= 0.6 is 22.9 Å². The van der Waals surface area contributed by atoms with Gasteiger partial charge in [0.25, 0.3) is 0 Å². The maximum Gasteiger partial charge on any atom is 0.229 e. The third-order valence-corrected chi connectivity index (χ3v) is 7.13. The van der Waals surface area contributed by atoms with Crippen LogP contribution in [-0.4, -0.2) is 33.8 Å². The summed E-state index contributed by atoms with van der Waals surface area (Å²) in [6, 6.07) is 10.4. The number of aromatic nitrogens is 3. The fourth-order valence-corrected chi connectivity index (χ4v) is 5.22. The Balaban J connectivity index is 1.37. The first-order valence-electron chi connectivity index (χ1n) is 10.5.